The van der Waals surface area contributed by atoms with Gasteiger partial charge in [-0.05, 0) is 44.0 Å². The molecule has 1 saturated carbocycles. The summed E-state index contributed by atoms with van der Waals surface area (Å²) in [5, 5.41) is 3.52. The molecule has 7 heteroatoms. The summed E-state index contributed by atoms with van der Waals surface area (Å²) in [6.07, 6.45) is 10.3. The molecule has 162 valence electrons. The molecule has 1 aliphatic carbocycles. The first kappa shape index (κ1) is 19.7. The van der Waals surface area contributed by atoms with Gasteiger partial charge in [0, 0.05) is 29.2 Å². The van der Waals surface area contributed by atoms with Gasteiger partial charge >= 0.3 is 0 Å². The van der Waals surface area contributed by atoms with E-state index < -0.39 is 0 Å². The molecule has 2 aromatic carbocycles. The monoisotopic (exact) mass is 433 g/mol. The number of para-hydroxylation sites is 1. The van der Waals surface area contributed by atoms with Crippen molar-refractivity contribution in [3.05, 3.63) is 85.1 Å². The lowest BCUT2D eigenvalue weighted by Gasteiger charge is -2.42. The summed E-state index contributed by atoms with van der Waals surface area (Å²) in [6.45, 7) is 0. The van der Waals surface area contributed by atoms with Crippen LogP contribution in [0.3, 0.4) is 0 Å². The van der Waals surface area contributed by atoms with Crippen LogP contribution in [0.2, 0.25) is 0 Å². The number of hydrogen-bond donors (Lipinski definition) is 1. The molecule has 3 heterocycles. The molecule has 0 bridgehead atoms. The highest BCUT2D eigenvalue weighted by Gasteiger charge is 2.36. The first-order valence-corrected chi connectivity index (χ1v) is 11.1. The van der Waals surface area contributed by atoms with E-state index in [-0.39, 0.29) is 5.54 Å². The van der Waals surface area contributed by atoms with Gasteiger partial charge in [0.2, 0.25) is 0 Å². The van der Waals surface area contributed by atoms with E-state index in [1.165, 1.54) is 31.2 Å². The number of aromatic nitrogens is 6. The summed E-state index contributed by atoms with van der Waals surface area (Å²) in [4.78, 5) is 22.4. The largest absolute Gasteiger partial charge is 0.310 e. The number of rotatable bonds is 5. The molecule has 0 spiro atoms. The van der Waals surface area contributed by atoms with E-state index in [9.17, 15) is 0 Å². The fourth-order valence-electron chi connectivity index (χ4n) is 4.61. The minimum atomic E-state index is 0.107. The SMILES string of the molecule is CNC1(c2ccc(-c3nc4nc(-c5cncnc5)ncc4n3-c3ccccc3)cc2)CCC1. The molecule has 0 radical (unpaired) electrons. The van der Waals surface area contributed by atoms with Crippen molar-refractivity contribution in [3.8, 4) is 28.5 Å². The average molecular weight is 434 g/mol. The van der Waals surface area contributed by atoms with Crippen molar-refractivity contribution in [2.45, 2.75) is 24.8 Å². The van der Waals surface area contributed by atoms with Crippen LogP contribution in [-0.4, -0.2) is 36.5 Å². The molecule has 0 aliphatic heterocycles. The second-order valence-corrected chi connectivity index (χ2v) is 8.40. The van der Waals surface area contributed by atoms with Gasteiger partial charge in [0.05, 0.1) is 11.8 Å². The van der Waals surface area contributed by atoms with Gasteiger partial charge < -0.3 is 5.32 Å². The Kier molecular flexibility index (Phi) is 4.69. The Balaban J connectivity index is 1.50. The Labute approximate surface area is 191 Å². The predicted octanol–water partition coefficient (Wildman–Crippen LogP) is 4.54. The zero-order valence-corrected chi connectivity index (χ0v) is 18.3. The molecule has 0 atom stereocenters. The van der Waals surface area contributed by atoms with Gasteiger partial charge in [0.15, 0.2) is 11.5 Å². The van der Waals surface area contributed by atoms with Crippen LogP contribution in [0.25, 0.3) is 39.6 Å². The number of benzene rings is 2. The topological polar surface area (TPSA) is 81.4 Å². The van der Waals surface area contributed by atoms with Crippen LogP contribution in [0, 0.1) is 0 Å². The standard InChI is InChI=1S/C26H23N7/c1-27-26(12-5-13-26)20-10-8-18(9-11-20)25-32-24-22(33(25)21-6-3-2-4-7-21)16-30-23(31-24)19-14-28-17-29-15-19/h2-4,6-11,14-17,27H,5,12-13H2,1H3. The smallest absolute Gasteiger partial charge is 0.182 e. The summed E-state index contributed by atoms with van der Waals surface area (Å²) in [5.74, 6) is 1.40. The summed E-state index contributed by atoms with van der Waals surface area (Å²) in [6, 6.07) is 19.0. The lowest BCUT2D eigenvalue weighted by atomic mass is 9.72. The second kappa shape index (κ2) is 7.86. The third kappa shape index (κ3) is 3.29. The maximum absolute atomic E-state index is 4.95. The molecule has 1 N–H and O–H groups in total. The minimum absolute atomic E-state index is 0.107. The van der Waals surface area contributed by atoms with Gasteiger partial charge in [-0.2, -0.15) is 0 Å². The number of imidazole rings is 1. The van der Waals surface area contributed by atoms with Crippen molar-refractivity contribution >= 4 is 11.2 Å². The van der Waals surface area contributed by atoms with Crippen molar-refractivity contribution in [2.75, 3.05) is 7.05 Å². The summed E-state index contributed by atoms with van der Waals surface area (Å²) < 4.78 is 2.12. The normalized spacial score (nSPS) is 14.8. The van der Waals surface area contributed by atoms with E-state index in [0.717, 1.165) is 28.2 Å². The summed E-state index contributed by atoms with van der Waals surface area (Å²) in [5.41, 5.74) is 5.74. The lowest BCUT2D eigenvalue weighted by molar-refractivity contribution is 0.201. The highest BCUT2D eigenvalue weighted by Crippen LogP contribution is 2.41. The highest BCUT2D eigenvalue weighted by molar-refractivity contribution is 5.81. The third-order valence-electron chi connectivity index (χ3n) is 6.63. The second-order valence-electron chi connectivity index (χ2n) is 8.40. The molecule has 6 rings (SSSR count). The third-order valence-corrected chi connectivity index (χ3v) is 6.63. The van der Waals surface area contributed by atoms with Gasteiger partial charge in [-0.25, -0.2) is 24.9 Å². The Morgan fingerprint density at radius 1 is 0.848 bits per heavy atom. The van der Waals surface area contributed by atoms with Crippen LogP contribution in [0.1, 0.15) is 24.8 Å². The van der Waals surface area contributed by atoms with Crippen LogP contribution in [0.5, 0.6) is 0 Å². The molecule has 3 aromatic heterocycles. The molecule has 0 saturated heterocycles. The molecule has 7 nitrogen and oxygen atoms in total. The van der Waals surface area contributed by atoms with E-state index in [1.807, 2.05) is 24.4 Å². The first-order valence-electron chi connectivity index (χ1n) is 11.1. The maximum Gasteiger partial charge on any atom is 0.182 e. The average Bonchev–Trinajstić information content (AvgIpc) is 3.24. The van der Waals surface area contributed by atoms with Crippen molar-refractivity contribution in [1.29, 1.82) is 0 Å². The number of nitrogens with zero attached hydrogens (tertiary/aromatic N) is 6. The molecule has 5 aromatic rings. The number of fused-ring (bicyclic) bond motifs is 1. The van der Waals surface area contributed by atoms with E-state index in [0.29, 0.717) is 11.5 Å². The Morgan fingerprint density at radius 2 is 1.61 bits per heavy atom. The quantitative estimate of drug-likeness (QED) is 0.438. The van der Waals surface area contributed by atoms with E-state index in [1.54, 1.807) is 12.4 Å². The maximum atomic E-state index is 4.95. The van der Waals surface area contributed by atoms with Crippen LogP contribution < -0.4 is 5.32 Å². The summed E-state index contributed by atoms with van der Waals surface area (Å²) in [7, 11) is 2.05. The molecule has 1 fully saturated rings. The van der Waals surface area contributed by atoms with E-state index in [2.05, 4.69) is 68.3 Å². The van der Waals surface area contributed by atoms with Gasteiger partial charge in [0.1, 0.15) is 17.7 Å². The highest BCUT2D eigenvalue weighted by atomic mass is 15.1. The van der Waals surface area contributed by atoms with Crippen LogP contribution in [0.4, 0.5) is 0 Å². The van der Waals surface area contributed by atoms with Crippen molar-refractivity contribution < 1.29 is 0 Å². The number of nitrogens with one attached hydrogen (secondary N) is 1. The van der Waals surface area contributed by atoms with Crippen molar-refractivity contribution in [3.63, 3.8) is 0 Å². The van der Waals surface area contributed by atoms with Gasteiger partial charge in [-0.15, -0.1) is 0 Å². The molecule has 0 amide bonds. The Hall–Kier alpha value is -3.97. The predicted molar refractivity (Wildman–Crippen MR) is 128 cm³/mol. The Bertz CT molecular complexity index is 1400. The number of hydrogen-bond acceptors (Lipinski definition) is 6. The molecule has 0 unspecified atom stereocenters. The van der Waals surface area contributed by atoms with Crippen molar-refractivity contribution in [1.82, 2.24) is 34.8 Å². The fraction of sp³-hybridized carbons (Fsp3) is 0.192. The first-order chi connectivity index (χ1) is 16.3. The zero-order chi connectivity index (χ0) is 22.3. The van der Waals surface area contributed by atoms with Crippen molar-refractivity contribution in [2.24, 2.45) is 0 Å². The molecular weight excluding hydrogens is 410 g/mol. The van der Waals surface area contributed by atoms with Crippen LogP contribution >= 0.6 is 0 Å². The fourth-order valence-corrected chi connectivity index (χ4v) is 4.61. The molecule has 33 heavy (non-hydrogen) atoms. The van der Waals surface area contributed by atoms with E-state index in [4.69, 9.17) is 9.97 Å². The zero-order valence-electron chi connectivity index (χ0n) is 18.3. The van der Waals surface area contributed by atoms with Crippen LogP contribution in [0.15, 0.2) is 79.5 Å². The summed E-state index contributed by atoms with van der Waals surface area (Å²) >= 11 is 0. The lowest BCUT2D eigenvalue weighted by Crippen LogP contribution is -2.45. The van der Waals surface area contributed by atoms with Gasteiger partial charge in [-0.3, -0.25) is 4.57 Å². The molecular formula is C26H23N7. The van der Waals surface area contributed by atoms with E-state index >= 15 is 0 Å². The molecule has 1 aliphatic rings. The Morgan fingerprint density at radius 3 is 2.27 bits per heavy atom. The van der Waals surface area contributed by atoms with Crippen LogP contribution in [-0.2, 0) is 5.54 Å². The minimum Gasteiger partial charge on any atom is -0.310 e. The van der Waals surface area contributed by atoms with Gasteiger partial charge in [0.25, 0.3) is 0 Å². The van der Waals surface area contributed by atoms with Gasteiger partial charge in [-0.1, -0.05) is 42.5 Å².